The first-order chi connectivity index (χ1) is 7.60. The van der Waals surface area contributed by atoms with E-state index in [2.05, 4.69) is 20.1 Å². The second-order valence-electron chi connectivity index (χ2n) is 4.27. The van der Waals surface area contributed by atoms with Crippen LogP contribution in [0.25, 0.3) is 0 Å². The van der Waals surface area contributed by atoms with Crippen molar-refractivity contribution < 1.29 is 14.4 Å². The highest BCUT2D eigenvalue weighted by molar-refractivity contribution is 5.68. The third-order valence-corrected chi connectivity index (χ3v) is 2.74. The molecule has 0 aliphatic carbocycles. The lowest BCUT2D eigenvalue weighted by Crippen LogP contribution is -2.52. The zero-order chi connectivity index (χ0) is 12.4. The van der Waals surface area contributed by atoms with Crippen LogP contribution in [0, 0.1) is 0 Å². The van der Waals surface area contributed by atoms with Gasteiger partial charge in [-0.3, -0.25) is 0 Å². The van der Waals surface area contributed by atoms with Crippen molar-refractivity contribution in [2.45, 2.75) is 26.2 Å². The summed E-state index contributed by atoms with van der Waals surface area (Å²) in [7, 11) is 0. The summed E-state index contributed by atoms with van der Waals surface area (Å²) in [5.74, 6) is -0.750. The minimum atomic E-state index is -0.750. The lowest BCUT2D eigenvalue weighted by Gasteiger charge is -2.35. The van der Waals surface area contributed by atoms with E-state index < -0.39 is 5.97 Å². The molecule has 0 aliphatic heterocycles. The summed E-state index contributed by atoms with van der Waals surface area (Å²) < 4.78 is 0.544. The van der Waals surface area contributed by atoms with Crippen LogP contribution in [0.4, 0.5) is 0 Å². The van der Waals surface area contributed by atoms with Crippen molar-refractivity contribution in [2.75, 3.05) is 26.2 Å². The second kappa shape index (κ2) is 8.11. The van der Waals surface area contributed by atoms with Gasteiger partial charge >= 0.3 is 5.97 Å². The Bertz CT molecular complexity index is 226. The molecular formula is C13H24NO2+. The van der Waals surface area contributed by atoms with E-state index in [1.165, 1.54) is 0 Å². The van der Waals surface area contributed by atoms with E-state index in [9.17, 15) is 4.79 Å². The number of hydrogen-bond acceptors (Lipinski definition) is 1. The normalized spacial score (nSPS) is 11.1. The summed E-state index contributed by atoms with van der Waals surface area (Å²) in [6.07, 6.45) is 6.96. The first kappa shape index (κ1) is 14.9. The molecule has 0 aliphatic rings. The van der Waals surface area contributed by atoms with Crippen LogP contribution in [-0.2, 0) is 4.79 Å². The molecule has 0 rings (SSSR count). The molecule has 1 N–H and O–H groups in total. The molecule has 0 fully saturated rings. The Labute approximate surface area is 98.7 Å². The molecule has 0 radical (unpaired) electrons. The molecule has 0 spiro atoms. The van der Waals surface area contributed by atoms with Crippen molar-refractivity contribution in [3.8, 4) is 0 Å². The monoisotopic (exact) mass is 226 g/mol. The molecule has 3 heteroatoms. The second-order valence-corrected chi connectivity index (χ2v) is 4.27. The van der Waals surface area contributed by atoms with Crippen LogP contribution in [0.5, 0.6) is 0 Å². The van der Waals surface area contributed by atoms with Gasteiger partial charge in [-0.1, -0.05) is 26.5 Å². The minimum absolute atomic E-state index is 0.155. The summed E-state index contributed by atoms with van der Waals surface area (Å²) in [6.45, 7) is 12.0. The topological polar surface area (TPSA) is 37.3 Å². The minimum Gasteiger partial charge on any atom is -0.477 e. The first-order valence-electron chi connectivity index (χ1n) is 5.89. The van der Waals surface area contributed by atoms with Crippen LogP contribution in [0.15, 0.2) is 25.3 Å². The van der Waals surface area contributed by atoms with Crippen LogP contribution < -0.4 is 0 Å². The van der Waals surface area contributed by atoms with Gasteiger partial charge in [-0.2, -0.15) is 0 Å². The van der Waals surface area contributed by atoms with Gasteiger partial charge in [-0.05, 0) is 25.0 Å². The van der Waals surface area contributed by atoms with E-state index in [1.807, 2.05) is 0 Å². The highest BCUT2D eigenvalue weighted by Crippen LogP contribution is 2.11. The zero-order valence-electron chi connectivity index (χ0n) is 10.3. The number of hydrogen-bond donors (Lipinski definition) is 1. The third kappa shape index (κ3) is 5.71. The molecule has 0 aromatic carbocycles. The van der Waals surface area contributed by atoms with E-state index in [4.69, 9.17) is 5.11 Å². The highest BCUT2D eigenvalue weighted by Gasteiger charge is 2.27. The SMILES string of the molecule is C=CC[N+](CC=C)(CCCCC)CC(=O)O. The average Bonchev–Trinajstić information content (AvgIpc) is 2.17. The van der Waals surface area contributed by atoms with Gasteiger partial charge in [0.15, 0.2) is 6.54 Å². The number of aliphatic carboxylic acids is 1. The number of carboxylic acids is 1. The van der Waals surface area contributed by atoms with Crippen molar-refractivity contribution in [3.63, 3.8) is 0 Å². The van der Waals surface area contributed by atoms with Crippen molar-refractivity contribution in [1.82, 2.24) is 0 Å². The van der Waals surface area contributed by atoms with Crippen LogP contribution in [0.3, 0.4) is 0 Å². The zero-order valence-corrected chi connectivity index (χ0v) is 10.3. The number of carbonyl (C=O) groups is 1. The van der Waals surface area contributed by atoms with Gasteiger partial charge in [-0.15, -0.1) is 0 Å². The van der Waals surface area contributed by atoms with Crippen molar-refractivity contribution in [2.24, 2.45) is 0 Å². The Morgan fingerprint density at radius 2 is 1.81 bits per heavy atom. The Kier molecular flexibility index (Phi) is 7.56. The number of rotatable bonds is 10. The summed E-state index contributed by atoms with van der Waals surface area (Å²) >= 11 is 0. The number of carboxylic acid groups (broad SMARTS) is 1. The molecule has 0 aromatic heterocycles. The molecule has 0 unspecified atom stereocenters. The Balaban J connectivity index is 4.55. The van der Waals surface area contributed by atoms with Gasteiger partial charge in [0, 0.05) is 0 Å². The first-order valence-corrected chi connectivity index (χ1v) is 5.89. The lowest BCUT2D eigenvalue weighted by atomic mass is 10.2. The fourth-order valence-corrected chi connectivity index (χ4v) is 2.00. The maximum Gasteiger partial charge on any atom is 0.359 e. The van der Waals surface area contributed by atoms with Crippen LogP contribution in [-0.4, -0.2) is 41.7 Å². The molecule has 0 heterocycles. The Morgan fingerprint density at radius 3 is 2.19 bits per heavy atom. The molecule has 92 valence electrons. The fourth-order valence-electron chi connectivity index (χ4n) is 2.00. The van der Waals surface area contributed by atoms with Crippen molar-refractivity contribution in [1.29, 1.82) is 0 Å². The average molecular weight is 226 g/mol. The largest absolute Gasteiger partial charge is 0.477 e. The van der Waals surface area contributed by atoms with E-state index in [-0.39, 0.29) is 6.54 Å². The van der Waals surface area contributed by atoms with Gasteiger partial charge in [0.05, 0.1) is 19.6 Å². The quantitative estimate of drug-likeness (QED) is 0.353. The number of unbranched alkanes of at least 4 members (excludes halogenated alkanes) is 2. The van der Waals surface area contributed by atoms with E-state index in [0.717, 1.165) is 25.8 Å². The van der Waals surface area contributed by atoms with Crippen LogP contribution >= 0.6 is 0 Å². The fraction of sp³-hybridized carbons (Fsp3) is 0.615. The summed E-state index contributed by atoms with van der Waals surface area (Å²) in [5.41, 5.74) is 0. The molecule has 0 bridgehead atoms. The maximum absolute atomic E-state index is 10.9. The Hall–Kier alpha value is -1.09. The third-order valence-electron chi connectivity index (χ3n) is 2.74. The predicted molar refractivity (Wildman–Crippen MR) is 67.3 cm³/mol. The smallest absolute Gasteiger partial charge is 0.359 e. The van der Waals surface area contributed by atoms with Crippen molar-refractivity contribution >= 4 is 5.97 Å². The van der Waals surface area contributed by atoms with Crippen LogP contribution in [0.2, 0.25) is 0 Å². The molecule has 0 aromatic rings. The van der Waals surface area contributed by atoms with E-state index in [0.29, 0.717) is 17.6 Å². The van der Waals surface area contributed by atoms with E-state index >= 15 is 0 Å². The molecule has 0 saturated heterocycles. The number of quaternary nitrogens is 1. The molecule has 3 nitrogen and oxygen atoms in total. The molecule has 16 heavy (non-hydrogen) atoms. The highest BCUT2D eigenvalue weighted by atomic mass is 16.4. The molecular weight excluding hydrogens is 202 g/mol. The number of nitrogens with zero attached hydrogens (tertiary/aromatic N) is 1. The summed E-state index contributed by atoms with van der Waals surface area (Å²) in [4.78, 5) is 10.9. The lowest BCUT2D eigenvalue weighted by molar-refractivity contribution is -0.910. The molecule has 0 amide bonds. The van der Waals surface area contributed by atoms with Gasteiger partial charge in [-0.25, -0.2) is 4.79 Å². The summed E-state index contributed by atoms with van der Waals surface area (Å²) in [5, 5.41) is 8.97. The molecule has 0 saturated carbocycles. The van der Waals surface area contributed by atoms with Gasteiger partial charge in [0.1, 0.15) is 0 Å². The van der Waals surface area contributed by atoms with Crippen LogP contribution in [0.1, 0.15) is 26.2 Å². The van der Waals surface area contributed by atoms with Gasteiger partial charge in [0.25, 0.3) is 0 Å². The predicted octanol–water partition coefficient (Wildman–Crippen LogP) is 2.45. The standard InChI is InChI=1S/C13H23NO2/c1-4-7-8-11-14(9-5-2,10-6-3)12-13(15)16/h5-6H,2-4,7-12H2,1H3/p+1. The summed E-state index contributed by atoms with van der Waals surface area (Å²) in [6, 6.07) is 0. The van der Waals surface area contributed by atoms with E-state index in [1.54, 1.807) is 12.2 Å². The van der Waals surface area contributed by atoms with Crippen molar-refractivity contribution in [3.05, 3.63) is 25.3 Å². The van der Waals surface area contributed by atoms with Gasteiger partial charge < -0.3 is 9.59 Å². The molecule has 0 atom stereocenters. The Morgan fingerprint density at radius 1 is 1.25 bits per heavy atom. The maximum atomic E-state index is 10.9. The van der Waals surface area contributed by atoms with Gasteiger partial charge in [0.2, 0.25) is 0 Å².